The monoisotopic (exact) mass is 609 g/mol. The average molecular weight is 610 g/mol. The van der Waals surface area contributed by atoms with E-state index in [0.29, 0.717) is 23.4 Å². The Bertz CT molecular complexity index is 1660. The second kappa shape index (κ2) is 14.8. The number of aryl methyl sites for hydroxylation is 2. The van der Waals surface area contributed by atoms with Gasteiger partial charge in [-0.15, -0.1) is 0 Å². The smallest absolute Gasteiger partial charge is 0.480 e. The zero-order chi connectivity index (χ0) is 32.4. The van der Waals surface area contributed by atoms with Crippen LogP contribution in [0.1, 0.15) is 43.8 Å². The molecular weight excluding hydrogens is 579 g/mol. The van der Waals surface area contributed by atoms with E-state index in [0.717, 1.165) is 29.2 Å². The molecule has 6 N–H and O–H groups in total. The number of primary amides is 1. The molecule has 0 fully saturated rings. The van der Waals surface area contributed by atoms with Crippen molar-refractivity contribution in [3.63, 3.8) is 0 Å². The van der Waals surface area contributed by atoms with E-state index in [1.54, 1.807) is 30.3 Å². The molecule has 0 aliphatic heterocycles. The van der Waals surface area contributed by atoms with Crippen LogP contribution in [-0.2, 0) is 29.0 Å². The molecule has 1 aliphatic carbocycles. The van der Waals surface area contributed by atoms with E-state index in [9.17, 15) is 32.7 Å². The number of fused-ring (bicyclic) bond motifs is 2. The Morgan fingerprint density at radius 3 is 2.00 bits per heavy atom. The van der Waals surface area contributed by atoms with Gasteiger partial charge in [-0.3, -0.25) is 19.3 Å². The minimum absolute atomic E-state index is 0.304. The zero-order valence-corrected chi connectivity index (χ0v) is 23.4. The van der Waals surface area contributed by atoms with Crippen LogP contribution >= 0.6 is 0 Å². The molecule has 0 bridgehead atoms. The van der Waals surface area contributed by atoms with Crippen molar-refractivity contribution in [2.75, 3.05) is 11.4 Å². The number of carboxylic acid groups (broad SMARTS) is 2. The van der Waals surface area contributed by atoms with E-state index < -0.39 is 24.7 Å². The molecule has 44 heavy (non-hydrogen) atoms. The van der Waals surface area contributed by atoms with Gasteiger partial charge < -0.3 is 21.7 Å². The molecule has 0 heterocycles. The fourth-order valence-electron chi connectivity index (χ4n) is 4.56. The number of rotatable bonds is 6. The van der Waals surface area contributed by atoms with Crippen molar-refractivity contribution < 1.29 is 42.6 Å². The number of carbonyl (C=O) groups is 4. The van der Waals surface area contributed by atoms with Crippen LogP contribution in [0, 0.1) is 0 Å². The van der Waals surface area contributed by atoms with Gasteiger partial charge in [0.15, 0.2) is 0 Å². The average Bonchev–Trinajstić information content (AvgIpc) is 3.48. The van der Waals surface area contributed by atoms with Gasteiger partial charge in [0.1, 0.15) is 6.54 Å². The van der Waals surface area contributed by atoms with E-state index >= 15 is 0 Å². The molecule has 2 amide bonds. The number of aliphatic carboxylic acids is 2. The predicted octanol–water partition coefficient (Wildman–Crippen LogP) is 4.94. The summed E-state index contributed by atoms with van der Waals surface area (Å²) in [5.41, 5.74) is 16.1. The van der Waals surface area contributed by atoms with Gasteiger partial charge in [0, 0.05) is 23.1 Å². The number of nitrogens with zero attached hydrogens (tertiary/aromatic N) is 1. The lowest BCUT2D eigenvalue weighted by Gasteiger charge is -2.23. The summed E-state index contributed by atoms with van der Waals surface area (Å²) in [4.78, 5) is 45.4. The van der Waals surface area contributed by atoms with E-state index in [4.69, 9.17) is 21.4 Å². The van der Waals surface area contributed by atoms with Crippen LogP contribution < -0.4 is 16.4 Å². The molecule has 12 heteroatoms. The van der Waals surface area contributed by atoms with Gasteiger partial charge in [0.25, 0.3) is 5.91 Å². The molecule has 0 spiro atoms. The number of alkyl halides is 3. The molecule has 0 saturated heterocycles. The number of carboxylic acids is 2. The van der Waals surface area contributed by atoms with Crippen LogP contribution in [0.15, 0.2) is 84.9 Å². The second-order valence-electron chi connectivity index (χ2n) is 9.70. The van der Waals surface area contributed by atoms with Crippen LogP contribution in [0.2, 0.25) is 0 Å². The summed E-state index contributed by atoms with van der Waals surface area (Å²) in [5, 5.41) is 18.2. The second-order valence-corrected chi connectivity index (χ2v) is 9.70. The van der Waals surface area contributed by atoms with Crippen LogP contribution in [0.5, 0.6) is 0 Å². The van der Waals surface area contributed by atoms with Crippen molar-refractivity contribution in [3.05, 3.63) is 113 Å². The maximum absolute atomic E-state index is 13.0. The summed E-state index contributed by atoms with van der Waals surface area (Å²) in [6.45, 7) is -0.121. The molecule has 0 radical (unpaired) electrons. The van der Waals surface area contributed by atoms with Gasteiger partial charge in [-0.1, -0.05) is 48.5 Å². The van der Waals surface area contributed by atoms with Crippen LogP contribution in [-0.4, -0.2) is 46.7 Å². The molecule has 0 atom stereocenters. The molecular formula is C32H30F3N3O6. The first-order chi connectivity index (χ1) is 20.8. The van der Waals surface area contributed by atoms with Crippen molar-refractivity contribution in [3.8, 4) is 0 Å². The van der Waals surface area contributed by atoms with E-state index in [-0.39, 0.29) is 11.8 Å². The highest BCUT2D eigenvalue weighted by atomic mass is 19.4. The van der Waals surface area contributed by atoms with Gasteiger partial charge in [-0.2, -0.15) is 13.2 Å². The Morgan fingerprint density at radius 2 is 1.41 bits per heavy atom. The largest absolute Gasteiger partial charge is 0.490 e. The Balaban J connectivity index is 0.000000229. The standard InChI is InChI=1S/C20H18N2O3.C10H11NO.C2HF3O2/c21-12-14-10-16-8-4-5-9-17(16)18(11-14)22(13-19(23)24)20(25)15-6-2-1-3-7-15;11-10(12)9-5-4-7-2-1-3-8(7)6-9;3-2(4,5)1(6)7/h1-11H,12-13,21H2,(H,23,24);4-6H,1-3H2,(H2,11,12);(H,6,7). The van der Waals surface area contributed by atoms with Gasteiger partial charge in [0.2, 0.25) is 5.91 Å². The number of hydrogen-bond acceptors (Lipinski definition) is 5. The minimum atomic E-state index is -5.08. The highest BCUT2D eigenvalue weighted by molar-refractivity contribution is 6.12. The predicted molar refractivity (Wildman–Crippen MR) is 158 cm³/mol. The molecule has 9 nitrogen and oxygen atoms in total. The van der Waals surface area contributed by atoms with Crippen molar-refractivity contribution in [2.24, 2.45) is 11.5 Å². The van der Waals surface area contributed by atoms with Gasteiger partial charge in [0.05, 0.1) is 5.69 Å². The fraction of sp³-hybridized carbons (Fsp3) is 0.188. The van der Waals surface area contributed by atoms with E-state index in [1.165, 1.54) is 22.4 Å². The molecule has 4 aromatic rings. The normalized spacial score (nSPS) is 11.7. The lowest BCUT2D eigenvalue weighted by molar-refractivity contribution is -0.192. The molecule has 0 saturated carbocycles. The number of benzene rings is 4. The minimum Gasteiger partial charge on any atom is -0.480 e. The quantitative estimate of drug-likeness (QED) is 0.241. The summed E-state index contributed by atoms with van der Waals surface area (Å²) < 4.78 is 31.7. The lowest BCUT2D eigenvalue weighted by atomic mass is 10.0. The van der Waals surface area contributed by atoms with E-state index in [2.05, 4.69) is 0 Å². The molecule has 5 rings (SSSR count). The third-order valence-corrected chi connectivity index (χ3v) is 6.61. The summed E-state index contributed by atoms with van der Waals surface area (Å²) in [5.74, 6) is -4.52. The highest BCUT2D eigenvalue weighted by Crippen LogP contribution is 2.30. The molecule has 0 aromatic heterocycles. The molecule has 230 valence electrons. The number of nitrogens with two attached hydrogens (primary N) is 2. The summed E-state index contributed by atoms with van der Waals surface area (Å²) >= 11 is 0. The molecule has 0 unspecified atom stereocenters. The van der Waals surface area contributed by atoms with Crippen LogP contribution in [0.25, 0.3) is 10.8 Å². The van der Waals surface area contributed by atoms with Crippen molar-refractivity contribution in [1.29, 1.82) is 0 Å². The van der Waals surface area contributed by atoms with Gasteiger partial charge >= 0.3 is 18.1 Å². The van der Waals surface area contributed by atoms with E-state index in [1.807, 2.05) is 54.6 Å². The first-order valence-electron chi connectivity index (χ1n) is 13.3. The van der Waals surface area contributed by atoms with Crippen LogP contribution in [0.4, 0.5) is 18.9 Å². The summed E-state index contributed by atoms with van der Waals surface area (Å²) in [6.07, 6.45) is -1.64. The summed E-state index contributed by atoms with van der Waals surface area (Å²) in [6, 6.07) is 25.7. The summed E-state index contributed by atoms with van der Waals surface area (Å²) in [7, 11) is 0. The SMILES string of the molecule is NC(=O)c1ccc2c(c1)CCC2.NCc1cc(N(CC(=O)O)C(=O)c2ccccc2)c2ccccc2c1.O=C(O)C(F)(F)F. The number of anilines is 1. The number of carbonyl (C=O) groups excluding carboxylic acids is 2. The van der Waals surface area contributed by atoms with Crippen molar-refractivity contribution in [1.82, 2.24) is 0 Å². The first-order valence-corrected chi connectivity index (χ1v) is 13.3. The Morgan fingerprint density at radius 1 is 0.795 bits per heavy atom. The zero-order valence-electron chi connectivity index (χ0n) is 23.4. The molecule has 1 aliphatic rings. The number of hydrogen-bond donors (Lipinski definition) is 4. The Hall–Kier alpha value is -5.23. The maximum atomic E-state index is 13.0. The lowest BCUT2D eigenvalue weighted by Crippen LogP contribution is -2.36. The fourth-order valence-corrected chi connectivity index (χ4v) is 4.56. The van der Waals surface area contributed by atoms with Crippen molar-refractivity contribution in [2.45, 2.75) is 32.0 Å². The van der Waals surface area contributed by atoms with Crippen LogP contribution in [0.3, 0.4) is 0 Å². The third-order valence-electron chi connectivity index (χ3n) is 6.61. The van der Waals surface area contributed by atoms with Gasteiger partial charge in [-0.05, 0) is 77.7 Å². The van der Waals surface area contributed by atoms with Crippen molar-refractivity contribution >= 4 is 40.2 Å². The number of halogens is 3. The Kier molecular flexibility index (Phi) is 11.2. The topological polar surface area (TPSA) is 164 Å². The Labute approximate surface area is 250 Å². The maximum Gasteiger partial charge on any atom is 0.490 e. The number of amides is 2. The highest BCUT2D eigenvalue weighted by Gasteiger charge is 2.38. The molecule has 4 aromatic carbocycles. The third kappa shape index (κ3) is 8.88. The van der Waals surface area contributed by atoms with Gasteiger partial charge in [-0.25, -0.2) is 4.79 Å². The first kappa shape index (κ1) is 33.3.